The monoisotopic (exact) mass is 698 g/mol. The van der Waals surface area contributed by atoms with Crippen molar-refractivity contribution >= 4 is 80.5 Å². The van der Waals surface area contributed by atoms with Gasteiger partial charge in [-0.1, -0.05) is 105 Å². The van der Waals surface area contributed by atoms with E-state index in [0.717, 1.165) is 17.0 Å². The number of hydrogen-bond donors (Lipinski definition) is 0. The lowest BCUT2D eigenvalue weighted by molar-refractivity contribution is 0.590. The Bertz CT molecular complexity index is 2480. The van der Waals surface area contributed by atoms with E-state index in [9.17, 15) is 0 Å². The van der Waals surface area contributed by atoms with Crippen molar-refractivity contribution in [2.24, 2.45) is 0 Å². The number of aryl methyl sites for hydroxylation is 2. The van der Waals surface area contributed by atoms with Crippen LogP contribution < -0.4 is 36.3 Å². The molecule has 0 radical (unpaired) electrons. The van der Waals surface area contributed by atoms with Gasteiger partial charge in [0.2, 0.25) is 0 Å². The minimum Gasteiger partial charge on any atom is -0.551 e. The molecular weight excluding hydrogens is 662 g/mol. The third-order valence-corrected chi connectivity index (χ3v) is 12.8. The molecule has 0 amide bonds. The molecule has 0 fully saturated rings. The zero-order chi connectivity index (χ0) is 35.5. The molecular formula is C47H36B2N2OS. The first kappa shape index (κ1) is 31.0. The first-order valence-electron chi connectivity index (χ1n) is 18.7. The van der Waals surface area contributed by atoms with Crippen LogP contribution in [-0.4, -0.2) is 12.9 Å². The summed E-state index contributed by atoms with van der Waals surface area (Å²) in [5, 5.41) is 0. The van der Waals surface area contributed by atoms with Crippen molar-refractivity contribution in [2.45, 2.75) is 38.5 Å². The van der Waals surface area contributed by atoms with E-state index in [1.807, 2.05) is 11.6 Å². The first-order valence-corrected chi connectivity index (χ1v) is 19.6. The Hall–Kier alpha value is -5.58. The molecule has 4 aliphatic rings. The molecule has 0 spiro atoms. The molecule has 0 saturated heterocycles. The maximum absolute atomic E-state index is 7.23. The van der Waals surface area contributed by atoms with E-state index in [2.05, 4.69) is 177 Å². The van der Waals surface area contributed by atoms with Gasteiger partial charge in [-0.25, -0.2) is 0 Å². The molecule has 53 heavy (non-hydrogen) atoms. The minimum atomic E-state index is -0.252. The highest BCUT2D eigenvalue weighted by Crippen LogP contribution is 2.52. The van der Waals surface area contributed by atoms with Crippen molar-refractivity contribution in [2.75, 3.05) is 9.80 Å². The molecule has 0 unspecified atom stereocenters. The fourth-order valence-corrected chi connectivity index (χ4v) is 10.8. The van der Waals surface area contributed by atoms with Gasteiger partial charge in [0.1, 0.15) is 5.75 Å². The molecule has 7 aromatic rings. The minimum absolute atomic E-state index is 0.119. The normalized spacial score (nSPS) is 14.1. The fraction of sp³-hybridized carbons (Fsp3) is 0.106. The molecule has 4 aliphatic heterocycles. The molecule has 0 bridgehead atoms. The molecule has 6 heteroatoms. The van der Waals surface area contributed by atoms with E-state index in [-0.39, 0.29) is 18.8 Å². The lowest BCUT2D eigenvalue weighted by Crippen LogP contribution is -2.59. The van der Waals surface area contributed by atoms with Gasteiger partial charge in [0.15, 0.2) is 0 Å². The van der Waals surface area contributed by atoms with Gasteiger partial charge in [0, 0.05) is 49.9 Å². The van der Waals surface area contributed by atoms with Gasteiger partial charge in [-0.15, -0.1) is 0 Å². The van der Waals surface area contributed by atoms with E-state index >= 15 is 0 Å². The molecule has 0 N–H and O–H groups in total. The van der Waals surface area contributed by atoms with Crippen LogP contribution in [0.15, 0.2) is 144 Å². The van der Waals surface area contributed by atoms with Crippen LogP contribution in [0.25, 0.3) is 22.3 Å². The maximum atomic E-state index is 7.23. The standard InChI is InChI=1S/C47H36B2N2OS/c1-28(2)43-46-37(48-44-35(33-19-11-13-21-41(33)52-48)23-29(3)25-39(44)50(46)31-15-7-5-8-16-31)27-38-47(43)51(32-17-9-6-10-18-32)40-26-30(4)24-36-34-20-12-14-22-42(34)53-49(38)45(36)40/h5-28H,1-4H3. The SMILES string of the molecule is Cc1cc2c3c(c1)N(c1ccccc1)c1c(cc4c(c1C(C)C)N(c1ccccc1)c1cc(C)cc5c1B4Sc1ccccc1-5)B3Oc1ccccc1-2. The molecule has 0 atom stereocenters. The van der Waals surface area contributed by atoms with Gasteiger partial charge in [0.05, 0.1) is 5.69 Å². The summed E-state index contributed by atoms with van der Waals surface area (Å²) in [5.41, 5.74) is 21.5. The van der Waals surface area contributed by atoms with Gasteiger partial charge in [-0.05, 0) is 113 Å². The summed E-state index contributed by atoms with van der Waals surface area (Å²) >= 11 is 2.00. The highest BCUT2D eigenvalue weighted by Gasteiger charge is 2.48. The summed E-state index contributed by atoms with van der Waals surface area (Å²) in [4.78, 5) is 6.47. The van der Waals surface area contributed by atoms with Gasteiger partial charge in [-0.2, -0.15) is 11.6 Å². The van der Waals surface area contributed by atoms with Gasteiger partial charge in [0.25, 0.3) is 5.99 Å². The van der Waals surface area contributed by atoms with Crippen molar-refractivity contribution in [1.29, 1.82) is 0 Å². The van der Waals surface area contributed by atoms with Crippen molar-refractivity contribution < 1.29 is 4.65 Å². The average molecular weight is 699 g/mol. The van der Waals surface area contributed by atoms with Gasteiger partial charge >= 0.3 is 6.92 Å². The van der Waals surface area contributed by atoms with E-state index in [1.54, 1.807) is 0 Å². The van der Waals surface area contributed by atoms with Crippen molar-refractivity contribution in [3.8, 4) is 28.0 Å². The van der Waals surface area contributed by atoms with Crippen LogP contribution in [0.2, 0.25) is 0 Å². The highest BCUT2D eigenvalue weighted by molar-refractivity contribution is 8.28. The molecule has 4 heterocycles. The summed E-state index contributed by atoms with van der Waals surface area (Å²) in [6, 6.07) is 51.6. The average Bonchev–Trinajstić information content (AvgIpc) is 3.18. The maximum Gasteiger partial charge on any atom is 0.431 e. The van der Waals surface area contributed by atoms with E-state index in [0.29, 0.717) is 0 Å². The number of fused-ring (bicyclic) bond motifs is 8. The van der Waals surface area contributed by atoms with Crippen LogP contribution in [0, 0.1) is 13.8 Å². The number of nitrogens with zero attached hydrogens (tertiary/aromatic N) is 2. The summed E-state index contributed by atoms with van der Waals surface area (Å²) in [7, 11) is 0. The zero-order valence-corrected chi connectivity index (χ0v) is 31.0. The quantitative estimate of drug-likeness (QED) is 0.171. The van der Waals surface area contributed by atoms with Gasteiger partial charge in [-0.3, -0.25) is 0 Å². The second-order valence-electron chi connectivity index (χ2n) is 15.1. The number of hydrogen-bond acceptors (Lipinski definition) is 4. The second kappa shape index (κ2) is 11.5. The molecule has 11 rings (SSSR count). The van der Waals surface area contributed by atoms with Crippen LogP contribution in [0.1, 0.15) is 36.5 Å². The topological polar surface area (TPSA) is 15.7 Å². The van der Waals surface area contributed by atoms with Crippen LogP contribution in [0.3, 0.4) is 0 Å². The summed E-state index contributed by atoms with van der Waals surface area (Å²) in [5.74, 6) is 1.26. The lowest BCUT2D eigenvalue weighted by atomic mass is 9.46. The van der Waals surface area contributed by atoms with E-state index in [1.165, 1.54) is 88.6 Å². The third-order valence-electron chi connectivity index (χ3n) is 11.4. The Labute approximate surface area is 316 Å². The fourth-order valence-electron chi connectivity index (χ4n) is 9.42. The number of para-hydroxylation sites is 3. The van der Waals surface area contributed by atoms with Crippen LogP contribution in [0.4, 0.5) is 34.1 Å². The smallest absolute Gasteiger partial charge is 0.431 e. The Morgan fingerprint density at radius 1 is 0.547 bits per heavy atom. The first-order chi connectivity index (χ1) is 26.0. The summed E-state index contributed by atoms with van der Waals surface area (Å²) in [6.07, 6.45) is 0. The van der Waals surface area contributed by atoms with Crippen molar-refractivity contribution in [3.05, 3.63) is 156 Å². The number of benzene rings is 7. The Balaban J connectivity index is 1.30. The van der Waals surface area contributed by atoms with E-state index < -0.39 is 0 Å². The van der Waals surface area contributed by atoms with E-state index in [4.69, 9.17) is 4.65 Å². The molecule has 252 valence electrons. The molecule has 0 aliphatic carbocycles. The summed E-state index contributed by atoms with van der Waals surface area (Å²) in [6.45, 7) is 8.97. The lowest BCUT2D eigenvalue weighted by Gasteiger charge is -2.46. The molecule has 3 nitrogen and oxygen atoms in total. The third kappa shape index (κ3) is 4.39. The molecule has 7 aromatic carbocycles. The summed E-state index contributed by atoms with van der Waals surface area (Å²) < 4.78 is 7.23. The predicted molar refractivity (Wildman–Crippen MR) is 227 cm³/mol. The molecule has 0 aromatic heterocycles. The number of anilines is 6. The number of rotatable bonds is 3. The Kier molecular flexibility index (Phi) is 6.70. The van der Waals surface area contributed by atoms with Crippen molar-refractivity contribution in [3.63, 3.8) is 0 Å². The van der Waals surface area contributed by atoms with Crippen LogP contribution >= 0.6 is 11.6 Å². The van der Waals surface area contributed by atoms with Crippen LogP contribution in [0.5, 0.6) is 5.75 Å². The highest BCUT2D eigenvalue weighted by atomic mass is 32.2. The van der Waals surface area contributed by atoms with Gasteiger partial charge < -0.3 is 14.5 Å². The largest absolute Gasteiger partial charge is 0.551 e. The molecule has 0 saturated carbocycles. The predicted octanol–water partition coefficient (Wildman–Crippen LogP) is 10.0. The Morgan fingerprint density at radius 2 is 1.09 bits per heavy atom. The zero-order valence-electron chi connectivity index (χ0n) is 30.2. The second-order valence-corrected chi connectivity index (χ2v) is 16.3. The Morgan fingerprint density at radius 3 is 1.75 bits per heavy atom. The van der Waals surface area contributed by atoms with Crippen molar-refractivity contribution in [1.82, 2.24) is 0 Å². The van der Waals surface area contributed by atoms with Crippen LogP contribution in [-0.2, 0) is 0 Å².